The van der Waals surface area contributed by atoms with Gasteiger partial charge in [-0.05, 0) is 18.6 Å². The number of unbranched alkanes of at least 4 members (excludes halogenated alkanes) is 1. The van der Waals surface area contributed by atoms with E-state index < -0.39 is 10.0 Å². The van der Waals surface area contributed by atoms with Crippen LogP contribution < -0.4 is 10.0 Å². The predicted octanol–water partition coefficient (Wildman–Crippen LogP) is 1.54. The SMILES string of the molecule is CCCCS(=O)(=O)N(C)c1ccccc1C(=N)N. The number of nitrogens with two attached hydrogens (primary N) is 1. The third kappa shape index (κ3) is 3.22. The smallest absolute Gasteiger partial charge is 0.234 e. The Morgan fingerprint density at radius 2 is 2.00 bits per heavy atom. The molecule has 5 nitrogen and oxygen atoms in total. The lowest BCUT2D eigenvalue weighted by Crippen LogP contribution is -2.31. The number of rotatable bonds is 6. The molecule has 0 fully saturated rings. The predicted molar refractivity (Wildman–Crippen MR) is 74.6 cm³/mol. The molecule has 0 unspecified atom stereocenters. The van der Waals surface area contributed by atoms with Gasteiger partial charge in [0.2, 0.25) is 10.0 Å². The number of nitrogen functional groups attached to an aromatic ring is 1. The van der Waals surface area contributed by atoms with Crippen LogP contribution in [0, 0.1) is 5.41 Å². The molecule has 0 aromatic heterocycles. The van der Waals surface area contributed by atoms with Gasteiger partial charge in [-0.2, -0.15) is 0 Å². The van der Waals surface area contributed by atoms with Crippen LogP contribution in [0.3, 0.4) is 0 Å². The zero-order valence-corrected chi connectivity index (χ0v) is 11.5. The van der Waals surface area contributed by atoms with Gasteiger partial charge in [-0.25, -0.2) is 8.42 Å². The molecule has 0 saturated heterocycles. The number of amidine groups is 1. The Balaban J connectivity index is 3.11. The van der Waals surface area contributed by atoms with Gasteiger partial charge in [-0.3, -0.25) is 9.71 Å². The summed E-state index contributed by atoms with van der Waals surface area (Å²) in [6.07, 6.45) is 1.44. The number of hydrogen-bond acceptors (Lipinski definition) is 3. The van der Waals surface area contributed by atoms with Crippen molar-refractivity contribution in [1.82, 2.24) is 0 Å². The highest BCUT2D eigenvalue weighted by Gasteiger charge is 2.20. The average Bonchev–Trinajstić information content (AvgIpc) is 2.35. The summed E-state index contributed by atoms with van der Waals surface area (Å²) >= 11 is 0. The number of nitrogens with zero attached hydrogens (tertiary/aromatic N) is 1. The highest BCUT2D eigenvalue weighted by Crippen LogP contribution is 2.21. The summed E-state index contributed by atoms with van der Waals surface area (Å²) in [4.78, 5) is 0. The third-order valence-electron chi connectivity index (χ3n) is 2.71. The van der Waals surface area contributed by atoms with E-state index in [0.717, 1.165) is 6.42 Å². The minimum atomic E-state index is -3.35. The summed E-state index contributed by atoms with van der Waals surface area (Å²) in [7, 11) is -1.86. The quantitative estimate of drug-likeness (QED) is 0.606. The number of nitrogens with one attached hydrogen (secondary N) is 1. The van der Waals surface area contributed by atoms with E-state index in [1.54, 1.807) is 24.3 Å². The van der Waals surface area contributed by atoms with Gasteiger partial charge in [0, 0.05) is 12.6 Å². The fourth-order valence-corrected chi connectivity index (χ4v) is 2.98. The molecule has 0 saturated carbocycles. The van der Waals surface area contributed by atoms with Crippen LogP contribution in [-0.4, -0.2) is 27.1 Å². The highest BCUT2D eigenvalue weighted by atomic mass is 32.2. The summed E-state index contributed by atoms with van der Waals surface area (Å²) in [5, 5.41) is 7.47. The molecule has 1 aromatic carbocycles. The molecular weight excluding hydrogens is 250 g/mol. The van der Waals surface area contributed by atoms with Crippen molar-refractivity contribution in [3.05, 3.63) is 29.8 Å². The van der Waals surface area contributed by atoms with Crippen LogP contribution in [0.2, 0.25) is 0 Å². The van der Waals surface area contributed by atoms with E-state index in [4.69, 9.17) is 11.1 Å². The molecule has 0 aliphatic heterocycles. The fraction of sp³-hybridized carbons (Fsp3) is 0.417. The first-order valence-corrected chi connectivity index (χ1v) is 7.41. The number of sulfonamides is 1. The largest absolute Gasteiger partial charge is 0.384 e. The van der Waals surface area contributed by atoms with E-state index in [0.29, 0.717) is 17.7 Å². The normalized spacial score (nSPS) is 11.2. The van der Waals surface area contributed by atoms with Gasteiger partial charge >= 0.3 is 0 Å². The van der Waals surface area contributed by atoms with Crippen LogP contribution in [0.25, 0.3) is 0 Å². The number of benzene rings is 1. The van der Waals surface area contributed by atoms with E-state index in [9.17, 15) is 8.42 Å². The lowest BCUT2D eigenvalue weighted by Gasteiger charge is -2.21. The molecule has 0 heterocycles. The van der Waals surface area contributed by atoms with Crippen LogP contribution in [0.1, 0.15) is 25.3 Å². The minimum absolute atomic E-state index is 0.103. The van der Waals surface area contributed by atoms with Crippen molar-refractivity contribution in [2.75, 3.05) is 17.1 Å². The molecule has 0 spiro atoms. The van der Waals surface area contributed by atoms with Crippen molar-refractivity contribution in [2.45, 2.75) is 19.8 Å². The Kier molecular flexibility index (Phi) is 4.72. The summed E-state index contributed by atoms with van der Waals surface area (Å²) in [6.45, 7) is 1.94. The molecule has 100 valence electrons. The molecule has 0 atom stereocenters. The van der Waals surface area contributed by atoms with Crippen molar-refractivity contribution in [1.29, 1.82) is 5.41 Å². The summed E-state index contributed by atoms with van der Waals surface area (Å²) in [5.41, 5.74) is 6.33. The number of para-hydroxylation sites is 1. The fourth-order valence-electron chi connectivity index (χ4n) is 1.59. The Bertz CT molecular complexity index is 526. The van der Waals surface area contributed by atoms with Gasteiger partial charge in [0.1, 0.15) is 5.84 Å². The second-order valence-electron chi connectivity index (χ2n) is 4.07. The average molecular weight is 269 g/mol. The van der Waals surface area contributed by atoms with E-state index in [2.05, 4.69) is 0 Å². The lowest BCUT2D eigenvalue weighted by atomic mass is 10.1. The van der Waals surface area contributed by atoms with Crippen LogP contribution in [0.4, 0.5) is 5.69 Å². The first kappa shape index (κ1) is 14.5. The van der Waals surface area contributed by atoms with E-state index in [1.165, 1.54) is 11.4 Å². The van der Waals surface area contributed by atoms with Gasteiger partial charge in [0.05, 0.1) is 11.4 Å². The lowest BCUT2D eigenvalue weighted by molar-refractivity contribution is 0.591. The van der Waals surface area contributed by atoms with Crippen LogP contribution >= 0.6 is 0 Å². The van der Waals surface area contributed by atoms with Crippen molar-refractivity contribution in [3.63, 3.8) is 0 Å². The summed E-state index contributed by atoms with van der Waals surface area (Å²) in [5.74, 6) is -0.0326. The molecule has 1 aromatic rings. The summed E-state index contributed by atoms with van der Waals surface area (Å²) in [6, 6.07) is 6.75. The second-order valence-corrected chi connectivity index (χ2v) is 6.19. The van der Waals surface area contributed by atoms with Gasteiger partial charge < -0.3 is 5.73 Å². The zero-order valence-electron chi connectivity index (χ0n) is 10.7. The monoisotopic (exact) mass is 269 g/mol. The number of hydrogen-bond donors (Lipinski definition) is 2. The first-order chi connectivity index (χ1) is 8.40. The Morgan fingerprint density at radius 1 is 1.39 bits per heavy atom. The molecule has 0 aliphatic rings. The molecule has 0 aliphatic carbocycles. The van der Waals surface area contributed by atoms with Crippen LogP contribution in [0.5, 0.6) is 0 Å². The maximum atomic E-state index is 12.1. The molecule has 0 bridgehead atoms. The van der Waals surface area contributed by atoms with Crippen LogP contribution in [0.15, 0.2) is 24.3 Å². The molecule has 18 heavy (non-hydrogen) atoms. The molecule has 1 rings (SSSR count). The van der Waals surface area contributed by atoms with Gasteiger partial charge in [0.25, 0.3) is 0 Å². The second kappa shape index (κ2) is 5.86. The highest BCUT2D eigenvalue weighted by molar-refractivity contribution is 7.92. The molecule has 6 heteroatoms. The standard InChI is InChI=1S/C12H19N3O2S/c1-3-4-9-18(16,17)15(2)11-8-6-5-7-10(11)12(13)14/h5-8H,3-4,9H2,1-2H3,(H3,13,14). The molecule has 0 amide bonds. The maximum absolute atomic E-state index is 12.1. The van der Waals surface area contributed by atoms with E-state index in [1.807, 2.05) is 6.92 Å². The van der Waals surface area contributed by atoms with Crippen molar-refractivity contribution in [3.8, 4) is 0 Å². The minimum Gasteiger partial charge on any atom is -0.384 e. The van der Waals surface area contributed by atoms with Crippen molar-refractivity contribution < 1.29 is 8.42 Å². The van der Waals surface area contributed by atoms with Crippen molar-refractivity contribution in [2.24, 2.45) is 5.73 Å². The van der Waals surface area contributed by atoms with E-state index >= 15 is 0 Å². The zero-order chi connectivity index (χ0) is 13.8. The maximum Gasteiger partial charge on any atom is 0.234 e. The van der Waals surface area contributed by atoms with Crippen LogP contribution in [-0.2, 0) is 10.0 Å². The topological polar surface area (TPSA) is 87.2 Å². The van der Waals surface area contributed by atoms with Crippen molar-refractivity contribution >= 4 is 21.5 Å². The van der Waals surface area contributed by atoms with E-state index in [-0.39, 0.29) is 11.6 Å². The summed E-state index contributed by atoms with van der Waals surface area (Å²) < 4.78 is 25.4. The molecule has 3 N–H and O–H groups in total. The van der Waals surface area contributed by atoms with Gasteiger partial charge in [-0.1, -0.05) is 25.5 Å². The Morgan fingerprint density at radius 3 is 2.56 bits per heavy atom. The number of anilines is 1. The molecule has 0 radical (unpaired) electrons. The Labute approximate surface area is 108 Å². The Hall–Kier alpha value is -1.56. The van der Waals surface area contributed by atoms with Gasteiger partial charge in [-0.15, -0.1) is 0 Å². The van der Waals surface area contributed by atoms with Gasteiger partial charge in [0.15, 0.2) is 0 Å². The third-order valence-corrected chi connectivity index (χ3v) is 4.54. The molecular formula is C12H19N3O2S. The first-order valence-electron chi connectivity index (χ1n) is 5.80.